The van der Waals surface area contributed by atoms with Crippen LogP contribution < -0.4 is 10.6 Å². The number of aryl methyl sites for hydroxylation is 1. The van der Waals surface area contributed by atoms with Crippen molar-refractivity contribution in [2.24, 2.45) is 5.73 Å². The van der Waals surface area contributed by atoms with E-state index in [0.717, 1.165) is 45.7 Å². The highest BCUT2D eigenvalue weighted by Gasteiger charge is 2.12. The van der Waals surface area contributed by atoms with Crippen LogP contribution in [0.5, 0.6) is 0 Å². The van der Waals surface area contributed by atoms with Crippen LogP contribution in [0.3, 0.4) is 0 Å². The third-order valence-electron chi connectivity index (χ3n) is 3.06. The molecular formula is C13H19BrN2O. The lowest BCUT2D eigenvalue weighted by Gasteiger charge is -2.29. The van der Waals surface area contributed by atoms with Crippen LogP contribution in [0.15, 0.2) is 22.7 Å². The molecule has 0 bridgehead atoms. The standard InChI is InChI=1S/C13H19BrN2O/c14-13-10-12(16-6-8-17-9-7-16)4-3-11(13)2-1-5-15/h3-4,10H,1-2,5-9,15H2. The first-order valence-electron chi connectivity index (χ1n) is 6.12. The lowest BCUT2D eigenvalue weighted by molar-refractivity contribution is 0.122. The van der Waals surface area contributed by atoms with E-state index in [-0.39, 0.29) is 0 Å². The number of hydrogen-bond donors (Lipinski definition) is 1. The number of morpholine rings is 1. The summed E-state index contributed by atoms with van der Waals surface area (Å²) < 4.78 is 6.55. The zero-order valence-electron chi connectivity index (χ0n) is 9.99. The summed E-state index contributed by atoms with van der Waals surface area (Å²) in [7, 11) is 0. The van der Waals surface area contributed by atoms with E-state index in [0.29, 0.717) is 0 Å². The predicted octanol–water partition coefficient (Wildman–Crippen LogP) is 2.18. The molecule has 1 fully saturated rings. The summed E-state index contributed by atoms with van der Waals surface area (Å²) >= 11 is 3.65. The molecule has 3 nitrogen and oxygen atoms in total. The van der Waals surface area contributed by atoms with E-state index in [1.54, 1.807) is 0 Å². The maximum atomic E-state index is 5.54. The molecular weight excluding hydrogens is 280 g/mol. The molecule has 0 aliphatic carbocycles. The van der Waals surface area contributed by atoms with Gasteiger partial charge in [0.05, 0.1) is 13.2 Å². The second-order valence-corrected chi connectivity index (χ2v) is 5.12. The zero-order valence-corrected chi connectivity index (χ0v) is 11.6. The molecule has 1 aliphatic rings. The Labute approximate surface area is 111 Å². The SMILES string of the molecule is NCCCc1ccc(N2CCOCC2)cc1Br. The first-order valence-corrected chi connectivity index (χ1v) is 6.92. The zero-order chi connectivity index (χ0) is 12.1. The van der Waals surface area contributed by atoms with Crippen molar-refractivity contribution in [1.82, 2.24) is 0 Å². The van der Waals surface area contributed by atoms with E-state index in [4.69, 9.17) is 10.5 Å². The van der Waals surface area contributed by atoms with Crippen LogP contribution in [0.4, 0.5) is 5.69 Å². The van der Waals surface area contributed by atoms with Gasteiger partial charge in [0.25, 0.3) is 0 Å². The van der Waals surface area contributed by atoms with Crippen LogP contribution >= 0.6 is 15.9 Å². The van der Waals surface area contributed by atoms with E-state index < -0.39 is 0 Å². The van der Waals surface area contributed by atoms with Gasteiger partial charge in [-0.05, 0) is 37.1 Å². The number of rotatable bonds is 4. The number of hydrogen-bond acceptors (Lipinski definition) is 3. The van der Waals surface area contributed by atoms with Gasteiger partial charge < -0.3 is 15.4 Å². The molecule has 0 radical (unpaired) electrons. The Kier molecular flexibility index (Phi) is 4.83. The van der Waals surface area contributed by atoms with Gasteiger partial charge in [-0.1, -0.05) is 22.0 Å². The molecule has 4 heteroatoms. The summed E-state index contributed by atoms with van der Waals surface area (Å²) in [6.45, 7) is 4.36. The molecule has 1 aromatic carbocycles. The van der Waals surface area contributed by atoms with Crippen molar-refractivity contribution in [3.05, 3.63) is 28.2 Å². The largest absolute Gasteiger partial charge is 0.378 e. The molecule has 0 saturated carbocycles. The van der Waals surface area contributed by atoms with Gasteiger partial charge in [0.15, 0.2) is 0 Å². The first kappa shape index (κ1) is 12.9. The minimum Gasteiger partial charge on any atom is -0.378 e. The van der Waals surface area contributed by atoms with Gasteiger partial charge in [-0.25, -0.2) is 0 Å². The fourth-order valence-electron chi connectivity index (χ4n) is 2.05. The molecule has 1 heterocycles. The van der Waals surface area contributed by atoms with Crippen molar-refractivity contribution in [3.63, 3.8) is 0 Å². The molecule has 2 N–H and O–H groups in total. The minimum absolute atomic E-state index is 0.748. The maximum absolute atomic E-state index is 5.54. The molecule has 0 unspecified atom stereocenters. The Morgan fingerprint density at radius 3 is 2.71 bits per heavy atom. The molecule has 2 rings (SSSR count). The Bertz CT molecular complexity index is 364. The monoisotopic (exact) mass is 298 g/mol. The van der Waals surface area contributed by atoms with Crippen molar-refractivity contribution in [2.75, 3.05) is 37.7 Å². The Morgan fingerprint density at radius 1 is 1.29 bits per heavy atom. The lowest BCUT2D eigenvalue weighted by atomic mass is 10.1. The van der Waals surface area contributed by atoms with Crippen LogP contribution in [-0.4, -0.2) is 32.8 Å². The summed E-state index contributed by atoms with van der Waals surface area (Å²) in [4.78, 5) is 2.36. The number of nitrogens with two attached hydrogens (primary N) is 1. The average molecular weight is 299 g/mol. The third kappa shape index (κ3) is 3.44. The van der Waals surface area contributed by atoms with E-state index in [1.807, 2.05) is 0 Å². The number of anilines is 1. The minimum atomic E-state index is 0.748. The number of ether oxygens (including phenoxy) is 1. The van der Waals surface area contributed by atoms with Crippen LogP contribution in [0, 0.1) is 0 Å². The molecule has 0 amide bonds. The van der Waals surface area contributed by atoms with Gasteiger partial charge in [0, 0.05) is 23.2 Å². The summed E-state index contributed by atoms with van der Waals surface area (Å²) in [5.74, 6) is 0. The van der Waals surface area contributed by atoms with Gasteiger partial charge in [-0.15, -0.1) is 0 Å². The highest BCUT2D eigenvalue weighted by atomic mass is 79.9. The number of benzene rings is 1. The second-order valence-electron chi connectivity index (χ2n) is 4.27. The summed E-state index contributed by atoms with van der Waals surface area (Å²) in [5, 5.41) is 0. The normalized spacial score (nSPS) is 16.2. The molecule has 0 atom stereocenters. The molecule has 0 aromatic heterocycles. The lowest BCUT2D eigenvalue weighted by Crippen LogP contribution is -2.36. The van der Waals surface area contributed by atoms with Crippen molar-refractivity contribution in [1.29, 1.82) is 0 Å². The highest BCUT2D eigenvalue weighted by Crippen LogP contribution is 2.25. The Hall–Kier alpha value is -0.580. The van der Waals surface area contributed by atoms with Crippen molar-refractivity contribution in [2.45, 2.75) is 12.8 Å². The fourth-order valence-corrected chi connectivity index (χ4v) is 2.61. The predicted molar refractivity (Wildman–Crippen MR) is 74.5 cm³/mol. The molecule has 17 heavy (non-hydrogen) atoms. The highest BCUT2D eigenvalue weighted by molar-refractivity contribution is 9.10. The van der Waals surface area contributed by atoms with E-state index in [1.165, 1.54) is 15.7 Å². The topological polar surface area (TPSA) is 38.5 Å². The van der Waals surface area contributed by atoms with Gasteiger partial charge >= 0.3 is 0 Å². The van der Waals surface area contributed by atoms with Crippen LogP contribution in [0.2, 0.25) is 0 Å². The van der Waals surface area contributed by atoms with Crippen LogP contribution in [0.25, 0.3) is 0 Å². The van der Waals surface area contributed by atoms with Crippen LogP contribution in [0.1, 0.15) is 12.0 Å². The molecule has 1 aromatic rings. The van der Waals surface area contributed by atoms with E-state index >= 15 is 0 Å². The molecule has 0 spiro atoms. The van der Waals surface area contributed by atoms with Gasteiger partial charge in [-0.3, -0.25) is 0 Å². The Balaban J connectivity index is 2.06. The second kappa shape index (κ2) is 6.38. The molecule has 1 aliphatic heterocycles. The van der Waals surface area contributed by atoms with Crippen LogP contribution in [-0.2, 0) is 11.2 Å². The quantitative estimate of drug-likeness (QED) is 0.926. The number of halogens is 1. The van der Waals surface area contributed by atoms with Gasteiger partial charge in [0.2, 0.25) is 0 Å². The molecule has 94 valence electrons. The maximum Gasteiger partial charge on any atom is 0.0642 e. The third-order valence-corrected chi connectivity index (χ3v) is 3.80. The molecule has 1 saturated heterocycles. The van der Waals surface area contributed by atoms with Crippen molar-refractivity contribution in [3.8, 4) is 0 Å². The Morgan fingerprint density at radius 2 is 2.06 bits per heavy atom. The average Bonchev–Trinajstić information content (AvgIpc) is 2.38. The van der Waals surface area contributed by atoms with Gasteiger partial charge in [-0.2, -0.15) is 0 Å². The summed E-state index contributed by atoms with van der Waals surface area (Å²) in [6, 6.07) is 6.60. The summed E-state index contributed by atoms with van der Waals surface area (Å²) in [5.41, 5.74) is 8.15. The van der Waals surface area contributed by atoms with E-state index in [9.17, 15) is 0 Å². The number of nitrogens with zero attached hydrogens (tertiary/aromatic N) is 1. The fraction of sp³-hybridized carbons (Fsp3) is 0.538. The summed E-state index contributed by atoms with van der Waals surface area (Å²) in [6.07, 6.45) is 2.08. The smallest absolute Gasteiger partial charge is 0.0642 e. The van der Waals surface area contributed by atoms with Crippen molar-refractivity contribution >= 4 is 21.6 Å². The van der Waals surface area contributed by atoms with Gasteiger partial charge in [0.1, 0.15) is 0 Å². The van der Waals surface area contributed by atoms with E-state index in [2.05, 4.69) is 39.0 Å². The first-order chi connectivity index (χ1) is 8.31. The van der Waals surface area contributed by atoms with Crippen molar-refractivity contribution < 1.29 is 4.74 Å².